The number of ketones is 2. The second kappa shape index (κ2) is 3.42. The molecule has 3 heteroatoms. The van der Waals surface area contributed by atoms with Crippen LogP contribution in [0.4, 0.5) is 0 Å². The molecule has 0 saturated heterocycles. The van der Waals surface area contributed by atoms with Crippen LogP contribution in [0.15, 0.2) is 30.3 Å². The van der Waals surface area contributed by atoms with Gasteiger partial charge in [-0.1, -0.05) is 52.3 Å². The molecule has 1 aromatic rings. The average molecular weight is 265 g/mol. The van der Waals surface area contributed by atoms with Crippen molar-refractivity contribution in [3.63, 3.8) is 0 Å². The molecule has 2 nitrogen and oxygen atoms in total. The van der Waals surface area contributed by atoms with E-state index >= 15 is 0 Å². The number of allylic oxidation sites excluding steroid dienone is 1. The minimum Gasteiger partial charge on any atom is -0.298 e. The summed E-state index contributed by atoms with van der Waals surface area (Å²) in [4.78, 5) is 23.5. The summed E-state index contributed by atoms with van der Waals surface area (Å²) in [6.07, 6.45) is 3.41. The molecule has 1 aliphatic carbocycles. The van der Waals surface area contributed by atoms with Crippen molar-refractivity contribution in [1.82, 2.24) is 0 Å². The van der Waals surface area contributed by atoms with E-state index in [0.717, 1.165) is 5.56 Å². The Hall–Kier alpha value is -1.22. The van der Waals surface area contributed by atoms with Crippen molar-refractivity contribution >= 4 is 33.6 Å². The molecule has 0 heterocycles. The van der Waals surface area contributed by atoms with Crippen LogP contribution in [-0.4, -0.2) is 15.9 Å². The lowest BCUT2D eigenvalue weighted by atomic mass is 9.86. The third kappa shape index (κ3) is 1.47. The van der Waals surface area contributed by atoms with E-state index in [9.17, 15) is 9.59 Å². The first-order valence-electron chi connectivity index (χ1n) is 4.59. The Morgan fingerprint density at radius 1 is 1.33 bits per heavy atom. The lowest BCUT2D eigenvalue weighted by Gasteiger charge is -2.23. The van der Waals surface area contributed by atoms with Gasteiger partial charge in [0.1, 0.15) is 0 Å². The largest absolute Gasteiger partial charge is 0.298 e. The number of carbonyl (C=O) groups excluding carboxylic acids is 2. The van der Waals surface area contributed by atoms with Gasteiger partial charge in [0.25, 0.3) is 0 Å². The van der Waals surface area contributed by atoms with Gasteiger partial charge in [0, 0.05) is 5.56 Å². The van der Waals surface area contributed by atoms with Gasteiger partial charge < -0.3 is 0 Å². The molecule has 0 aliphatic heterocycles. The molecular weight excluding hydrogens is 256 g/mol. The predicted molar refractivity (Wildman–Crippen MR) is 62.1 cm³/mol. The molecular formula is C12H9BrO2. The standard InChI is InChI=1S/C12H9BrO2/c1-8(14)12(13)7-6-9-4-2-3-5-10(9)11(12)15/h2-7H,1H3. The number of Topliss-reactive ketones (excluding diaryl/α,β-unsaturated/α-hetero) is 2. The molecule has 1 aromatic carbocycles. The van der Waals surface area contributed by atoms with Crippen molar-refractivity contribution in [3.05, 3.63) is 41.5 Å². The number of halogens is 1. The Labute approximate surface area is 96.1 Å². The number of rotatable bonds is 1. The van der Waals surface area contributed by atoms with Crippen molar-refractivity contribution < 1.29 is 9.59 Å². The molecule has 0 N–H and O–H groups in total. The Morgan fingerprint density at radius 3 is 2.67 bits per heavy atom. The third-order valence-electron chi connectivity index (χ3n) is 2.54. The van der Waals surface area contributed by atoms with Crippen molar-refractivity contribution in [1.29, 1.82) is 0 Å². The zero-order valence-corrected chi connectivity index (χ0v) is 9.74. The Morgan fingerprint density at radius 2 is 2.00 bits per heavy atom. The second-order valence-corrected chi connectivity index (χ2v) is 4.77. The third-order valence-corrected chi connectivity index (χ3v) is 3.72. The van der Waals surface area contributed by atoms with Crippen LogP contribution >= 0.6 is 15.9 Å². The number of hydrogen-bond donors (Lipinski definition) is 0. The smallest absolute Gasteiger partial charge is 0.191 e. The van der Waals surface area contributed by atoms with Gasteiger partial charge in [-0.15, -0.1) is 0 Å². The highest BCUT2D eigenvalue weighted by atomic mass is 79.9. The molecule has 0 spiro atoms. The normalized spacial score (nSPS) is 23.7. The van der Waals surface area contributed by atoms with E-state index in [4.69, 9.17) is 0 Å². The van der Waals surface area contributed by atoms with Crippen molar-refractivity contribution in [2.24, 2.45) is 0 Å². The highest BCUT2D eigenvalue weighted by Gasteiger charge is 2.41. The van der Waals surface area contributed by atoms with E-state index in [1.54, 1.807) is 24.3 Å². The minimum absolute atomic E-state index is 0.187. The molecule has 15 heavy (non-hydrogen) atoms. The molecule has 1 aliphatic rings. The fourth-order valence-electron chi connectivity index (χ4n) is 1.60. The zero-order valence-electron chi connectivity index (χ0n) is 8.16. The lowest BCUT2D eigenvalue weighted by molar-refractivity contribution is -0.117. The van der Waals surface area contributed by atoms with Crippen LogP contribution in [0.5, 0.6) is 0 Å². The van der Waals surface area contributed by atoms with Crippen LogP contribution in [0.3, 0.4) is 0 Å². The monoisotopic (exact) mass is 264 g/mol. The number of fused-ring (bicyclic) bond motifs is 1. The van der Waals surface area contributed by atoms with Gasteiger partial charge in [0.15, 0.2) is 15.9 Å². The summed E-state index contributed by atoms with van der Waals surface area (Å²) < 4.78 is -1.17. The minimum atomic E-state index is -1.17. The van der Waals surface area contributed by atoms with E-state index in [2.05, 4.69) is 15.9 Å². The van der Waals surface area contributed by atoms with Gasteiger partial charge in [-0.2, -0.15) is 0 Å². The summed E-state index contributed by atoms with van der Waals surface area (Å²) in [5, 5.41) is 0. The predicted octanol–water partition coefficient (Wildman–Crippen LogP) is 2.62. The highest BCUT2D eigenvalue weighted by Crippen LogP contribution is 2.33. The molecule has 0 radical (unpaired) electrons. The number of alkyl halides is 1. The first-order chi connectivity index (χ1) is 7.05. The first-order valence-corrected chi connectivity index (χ1v) is 5.38. The van der Waals surface area contributed by atoms with Crippen LogP contribution in [0.1, 0.15) is 22.8 Å². The number of carbonyl (C=O) groups is 2. The second-order valence-electron chi connectivity index (χ2n) is 3.52. The summed E-state index contributed by atoms with van der Waals surface area (Å²) in [7, 11) is 0. The lowest BCUT2D eigenvalue weighted by Crippen LogP contribution is -2.39. The van der Waals surface area contributed by atoms with Gasteiger partial charge in [0.05, 0.1) is 0 Å². The van der Waals surface area contributed by atoms with Gasteiger partial charge in [0.2, 0.25) is 0 Å². The molecule has 2 rings (SSSR count). The molecule has 0 saturated carbocycles. The maximum atomic E-state index is 12.1. The molecule has 76 valence electrons. The van der Waals surface area contributed by atoms with Gasteiger partial charge in [-0.25, -0.2) is 0 Å². The van der Waals surface area contributed by atoms with Gasteiger partial charge in [-0.05, 0) is 12.5 Å². The topological polar surface area (TPSA) is 34.1 Å². The van der Waals surface area contributed by atoms with Crippen molar-refractivity contribution in [3.8, 4) is 0 Å². The van der Waals surface area contributed by atoms with Crippen LogP contribution in [0.25, 0.3) is 6.08 Å². The molecule has 0 fully saturated rings. The SMILES string of the molecule is CC(=O)C1(Br)C=Cc2ccccc2C1=O. The summed E-state index contributed by atoms with van der Waals surface area (Å²) >= 11 is 3.21. The first kappa shape index (κ1) is 10.3. The Kier molecular flexibility index (Phi) is 2.35. The van der Waals surface area contributed by atoms with Crippen molar-refractivity contribution in [2.45, 2.75) is 11.2 Å². The van der Waals surface area contributed by atoms with Gasteiger partial charge in [-0.3, -0.25) is 9.59 Å². The maximum Gasteiger partial charge on any atom is 0.191 e. The van der Waals surface area contributed by atoms with E-state index in [1.807, 2.05) is 12.1 Å². The number of hydrogen-bond acceptors (Lipinski definition) is 2. The van der Waals surface area contributed by atoms with Gasteiger partial charge >= 0.3 is 0 Å². The van der Waals surface area contributed by atoms with E-state index < -0.39 is 4.32 Å². The summed E-state index contributed by atoms with van der Waals surface area (Å²) in [5.41, 5.74) is 1.45. The van der Waals surface area contributed by atoms with Crippen molar-refractivity contribution in [2.75, 3.05) is 0 Å². The average Bonchev–Trinajstić information content (AvgIpc) is 2.24. The quantitative estimate of drug-likeness (QED) is 0.577. The summed E-state index contributed by atoms with van der Waals surface area (Å²) in [6, 6.07) is 7.26. The molecule has 0 amide bonds. The summed E-state index contributed by atoms with van der Waals surface area (Å²) in [5.74, 6) is -0.383. The molecule has 0 bridgehead atoms. The highest BCUT2D eigenvalue weighted by molar-refractivity contribution is 9.10. The fraction of sp³-hybridized carbons (Fsp3) is 0.167. The maximum absolute atomic E-state index is 12.1. The Balaban J connectivity index is 2.60. The fourth-order valence-corrected chi connectivity index (χ4v) is 1.95. The van der Waals surface area contributed by atoms with Crippen LogP contribution in [0, 0.1) is 0 Å². The van der Waals surface area contributed by atoms with E-state index in [1.165, 1.54) is 6.92 Å². The molecule has 1 unspecified atom stereocenters. The van der Waals surface area contributed by atoms with E-state index in [-0.39, 0.29) is 11.6 Å². The molecule has 0 aromatic heterocycles. The van der Waals surface area contributed by atoms with Crippen LogP contribution < -0.4 is 0 Å². The van der Waals surface area contributed by atoms with Crippen LogP contribution in [0.2, 0.25) is 0 Å². The van der Waals surface area contributed by atoms with E-state index in [0.29, 0.717) is 5.56 Å². The van der Waals surface area contributed by atoms with Crippen LogP contribution in [-0.2, 0) is 4.79 Å². The zero-order chi connectivity index (χ0) is 11.1. The Bertz CT molecular complexity index is 476. The number of benzene rings is 1. The molecule has 1 atom stereocenters. The summed E-state index contributed by atoms with van der Waals surface area (Å²) in [6.45, 7) is 1.41.